The van der Waals surface area contributed by atoms with E-state index in [2.05, 4.69) is 322 Å². The molecule has 0 unspecified atom stereocenters. The molecule has 111 heavy (non-hydrogen) atoms. The molecule has 20 aromatic rings. The third kappa shape index (κ3) is 12.2. The SMILES string of the molecule is CCc1cc[n+](C)c(-c2c(C)ccc3c2oc2ncc4ccccc4c23)c1.Cc1cc[n+](C)c(-c2c(C)ccc3c2oc2ncc4ccccc4c23)c1.Cc1ccc2c(oc3ncc4ccccc4c32)c1-c1cc(C(C)C)cc[n+]1C.Cc1ccc2c(oc3ncc4ccccc4c32)c1-c1cc(C2CCCC2)cc[n+]1C. The maximum atomic E-state index is 6.42. The van der Waals surface area contributed by atoms with Gasteiger partial charge in [0.25, 0.3) is 0 Å². The molecule has 21 rings (SSSR count). The average Bonchev–Trinajstić information content (AvgIpc) is 1.62. The predicted molar refractivity (Wildman–Crippen MR) is 451 cm³/mol. The summed E-state index contributed by atoms with van der Waals surface area (Å²) in [6, 6.07) is 68.8. The van der Waals surface area contributed by atoms with E-state index in [1.54, 1.807) is 0 Å². The zero-order valence-electron chi connectivity index (χ0n) is 65.0. The summed E-state index contributed by atoms with van der Waals surface area (Å²) in [5.74, 6) is 1.16. The van der Waals surface area contributed by atoms with Gasteiger partial charge in [0.15, 0.2) is 47.1 Å². The minimum absolute atomic E-state index is 0.473. The lowest BCUT2D eigenvalue weighted by Crippen LogP contribution is -2.31. The van der Waals surface area contributed by atoms with Crippen molar-refractivity contribution in [3.05, 3.63) is 288 Å². The van der Waals surface area contributed by atoms with E-state index in [4.69, 9.17) is 17.7 Å². The van der Waals surface area contributed by atoms with Crippen molar-refractivity contribution < 1.29 is 35.9 Å². The Labute approximate surface area is 644 Å². The fourth-order valence-corrected chi connectivity index (χ4v) is 17.1. The lowest BCUT2D eigenvalue weighted by Gasteiger charge is -2.11. The van der Waals surface area contributed by atoms with Crippen molar-refractivity contribution >= 4 is 131 Å². The topological polar surface area (TPSA) is 120 Å². The molecule has 12 nitrogen and oxygen atoms in total. The van der Waals surface area contributed by atoms with Gasteiger partial charge >= 0.3 is 0 Å². The Morgan fingerprint density at radius 2 is 0.676 bits per heavy atom. The van der Waals surface area contributed by atoms with E-state index in [0.29, 0.717) is 34.7 Å². The Kier molecular flexibility index (Phi) is 17.8. The lowest BCUT2D eigenvalue weighted by atomic mass is 9.94. The molecule has 1 saturated carbocycles. The number of fused-ring (bicyclic) bond motifs is 20. The van der Waals surface area contributed by atoms with Gasteiger partial charge in [0.1, 0.15) is 28.2 Å². The highest BCUT2D eigenvalue weighted by molar-refractivity contribution is 6.23. The third-order valence-corrected chi connectivity index (χ3v) is 23.2. The quantitative estimate of drug-likeness (QED) is 0.145. The Morgan fingerprint density at radius 3 is 1.05 bits per heavy atom. The van der Waals surface area contributed by atoms with Gasteiger partial charge in [-0.1, -0.05) is 179 Å². The van der Waals surface area contributed by atoms with E-state index in [1.165, 1.54) is 109 Å². The van der Waals surface area contributed by atoms with Crippen LogP contribution in [0.2, 0.25) is 0 Å². The first kappa shape index (κ1) is 69.9. The maximum Gasteiger partial charge on any atom is 0.227 e. The monoisotopic (exact) mass is 1450 g/mol. The number of hydrogen-bond donors (Lipinski definition) is 0. The molecular formula is C99H88N8O4+4. The van der Waals surface area contributed by atoms with Crippen molar-refractivity contribution in [1.29, 1.82) is 0 Å². The second-order valence-electron chi connectivity index (χ2n) is 30.7. The second kappa shape index (κ2) is 28.3. The number of hydrogen-bond acceptors (Lipinski definition) is 8. The molecule has 12 heteroatoms. The first-order valence-corrected chi connectivity index (χ1v) is 38.8. The molecule has 0 atom stereocenters. The third-order valence-electron chi connectivity index (χ3n) is 23.2. The minimum Gasteiger partial charge on any atom is -0.437 e. The van der Waals surface area contributed by atoms with Crippen molar-refractivity contribution in [1.82, 2.24) is 19.9 Å². The molecular weight excluding hydrogens is 1370 g/mol. The molecule has 8 aromatic carbocycles. The summed E-state index contributed by atoms with van der Waals surface area (Å²) in [7, 11) is 8.38. The van der Waals surface area contributed by atoms with Crippen molar-refractivity contribution in [3.63, 3.8) is 0 Å². The van der Waals surface area contributed by atoms with E-state index in [-0.39, 0.29) is 0 Å². The van der Waals surface area contributed by atoms with Gasteiger partial charge in [-0.25, -0.2) is 38.2 Å². The Balaban J connectivity index is 0.000000104. The molecule has 1 aliphatic carbocycles. The smallest absolute Gasteiger partial charge is 0.227 e. The van der Waals surface area contributed by atoms with Gasteiger partial charge in [-0.15, -0.1) is 0 Å². The van der Waals surface area contributed by atoms with E-state index < -0.39 is 0 Å². The number of aryl methyl sites for hydroxylation is 10. The van der Waals surface area contributed by atoms with E-state index in [9.17, 15) is 0 Å². The summed E-state index contributed by atoms with van der Waals surface area (Å²) in [6.07, 6.45) is 22.5. The Morgan fingerprint density at radius 1 is 0.351 bits per heavy atom. The van der Waals surface area contributed by atoms with Gasteiger partial charge in [-0.05, 0) is 132 Å². The summed E-state index contributed by atoms with van der Waals surface area (Å²) in [5.41, 5.74) is 25.9. The molecule has 544 valence electrons. The summed E-state index contributed by atoms with van der Waals surface area (Å²) < 4.78 is 34.1. The first-order valence-electron chi connectivity index (χ1n) is 38.8. The molecule has 0 radical (unpaired) electrons. The molecule has 0 bridgehead atoms. The summed E-state index contributed by atoms with van der Waals surface area (Å²) in [5, 5.41) is 18.2. The van der Waals surface area contributed by atoms with Crippen LogP contribution in [0.4, 0.5) is 0 Å². The zero-order chi connectivity index (χ0) is 76.0. The van der Waals surface area contributed by atoms with Crippen LogP contribution in [-0.2, 0) is 34.6 Å². The van der Waals surface area contributed by atoms with Gasteiger partial charge in [0.2, 0.25) is 45.6 Å². The minimum atomic E-state index is 0.473. The zero-order valence-corrected chi connectivity index (χ0v) is 65.0. The molecule has 1 fully saturated rings. The summed E-state index contributed by atoms with van der Waals surface area (Å²) in [4.78, 5) is 18.4. The molecule has 0 aliphatic heterocycles. The molecule has 0 N–H and O–H groups in total. The maximum absolute atomic E-state index is 6.42. The molecule has 12 heterocycles. The van der Waals surface area contributed by atoms with Gasteiger partial charge in [-0.3, -0.25) is 0 Å². The van der Waals surface area contributed by atoms with Crippen LogP contribution >= 0.6 is 0 Å². The standard InChI is InChI=1S/C27H25N2O.C25H23N2O.C24H21N2O.C23H19N2O/c1-17-11-12-22-25-21-10-6-5-9-20(21)16-28-27(25)30-26(22)24(17)23-15-19(13-14-29(23)2)18-7-3-4-8-18;1-15(2)17-11-12-27(4)21(13-17)22-16(3)9-10-20-23-19-8-6-5-7-18(19)14-26-25(23)28-24(20)22;1-4-16-11-12-26(3)20(13-16)21-15(2)9-10-19-22-18-8-6-5-7-17(18)14-25-24(22)27-23(19)21;1-14-10-11-25(3)19(12-14)20-15(2)8-9-18-21-17-7-5-4-6-16(17)13-24-23(21)26-22(18)20/h5-6,9-16,18H,3-4,7-8H2,1-2H3;5-15H,1-4H3;5-14H,4H2,1-3H3;4-13H,1-3H3/q4*+1. The van der Waals surface area contributed by atoms with Crippen molar-refractivity contribution in [3.8, 4) is 45.0 Å². The first-order chi connectivity index (χ1) is 54.0. The van der Waals surface area contributed by atoms with Crippen molar-refractivity contribution in [2.75, 3.05) is 0 Å². The number of benzene rings is 8. The Bertz CT molecular complexity index is 7130. The van der Waals surface area contributed by atoms with E-state index >= 15 is 0 Å². The largest absolute Gasteiger partial charge is 0.437 e. The molecule has 0 saturated heterocycles. The fourth-order valence-electron chi connectivity index (χ4n) is 17.1. The highest BCUT2D eigenvalue weighted by Gasteiger charge is 2.29. The highest BCUT2D eigenvalue weighted by atomic mass is 16.4. The van der Waals surface area contributed by atoms with Crippen LogP contribution in [0, 0.1) is 34.6 Å². The number of pyridine rings is 8. The van der Waals surface area contributed by atoms with Crippen LogP contribution < -0.4 is 18.3 Å². The van der Waals surface area contributed by atoms with Crippen LogP contribution in [0.5, 0.6) is 0 Å². The molecule has 1 aliphatic rings. The molecule has 0 spiro atoms. The number of furan rings is 4. The molecule has 0 amide bonds. The molecule has 12 aromatic heterocycles. The number of rotatable bonds is 7. The van der Waals surface area contributed by atoms with E-state index in [1.807, 2.05) is 43.0 Å². The second-order valence-corrected chi connectivity index (χ2v) is 30.7. The van der Waals surface area contributed by atoms with E-state index in [0.717, 1.165) is 121 Å². The van der Waals surface area contributed by atoms with Gasteiger partial charge in [-0.2, -0.15) is 0 Å². The average molecular weight is 1450 g/mol. The highest BCUT2D eigenvalue weighted by Crippen LogP contribution is 2.45. The van der Waals surface area contributed by atoms with Gasteiger partial charge in [0.05, 0.1) is 43.8 Å². The fraction of sp³-hybridized carbons (Fsp3) is 0.192. The van der Waals surface area contributed by atoms with Crippen LogP contribution in [0.3, 0.4) is 0 Å². The normalized spacial score (nSPS) is 12.6. The summed E-state index contributed by atoms with van der Waals surface area (Å²) >= 11 is 0. The van der Waals surface area contributed by atoms with Gasteiger partial charge in [0, 0.05) is 116 Å². The van der Waals surface area contributed by atoms with Crippen molar-refractivity contribution in [2.24, 2.45) is 28.2 Å². The van der Waals surface area contributed by atoms with Crippen LogP contribution in [0.25, 0.3) is 176 Å². The Hall–Kier alpha value is -12.8. The van der Waals surface area contributed by atoms with Crippen LogP contribution in [0.1, 0.15) is 103 Å². The predicted octanol–water partition coefficient (Wildman–Crippen LogP) is 23.4. The lowest BCUT2D eigenvalue weighted by molar-refractivity contribution is -0.660. The number of aromatic nitrogens is 8. The number of nitrogens with zero attached hydrogens (tertiary/aromatic N) is 8. The van der Waals surface area contributed by atoms with Crippen LogP contribution in [-0.4, -0.2) is 19.9 Å². The summed E-state index contributed by atoms with van der Waals surface area (Å²) in [6.45, 7) is 17.4. The van der Waals surface area contributed by atoms with Gasteiger partial charge < -0.3 is 17.7 Å². The van der Waals surface area contributed by atoms with Crippen LogP contribution in [0.15, 0.2) is 261 Å². The van der Waals surface area contributed by atoms with Crippen molar-refractivity contribution in [2.45, 2.75) is 99.3 Å².